The minimum atomic E-state index is -0.0111. The lowest BCUT2D eigenvalue weighted by Gasteiger charge is -2.47. The third-order valence-electron chi connectivity index (χ3n) is 3.83. The topological polar surface area (TPSA) is 41.7 Å². The van der Waals surface area contributed by atoms with Gasteiger partial charge < -0.3 is 10.5 Å². The van der Waals surface area contributed by atoms with E-state index in [1.165, 1.54) is 0 Å². The van der Waals surface area contributed by atoms with Crippen molar-refractivity contribution < 1.29 is 4.74 Å². The van der Waals surface area contributed by atoms with Gasteiger partial charge in [0.05, 0.1) is 12.1 Å². The SMILES string of the molecule is CCN1CCN(C(C)(CN)COC)CC1C. The minimum absolute atomic E-state index is 0.0111. The molecule has 2 unspecified atom stereocenters. The molecule has 0 bridgehead atoms. The summed E-state index contributed by atoms with van der Waals surface area (Å²) in [4.78, 5) is 4.99. The molecule has 2 atom stereocenters. The van der Waals surface area contributed by atoms with Crippen LogP contribution in [0.5, 0.6) is 0 Å². The summed E-state index contributed by atoms with van der Waals surface area (Å²) in [5, 5.41) is 0. The lowest BCUT2D eigenvalue weighted by Crippen LogP contribution is -2.63. The van der Waals surface area contributed by atoms with Crippen LogP contribution in [0, 0.1) is 0 Å². The summed E-state index contributed by atoms with van der Waals surface area (Å²) in [6, 6.07) is 0.612. The maximum absolute atomic E-state index is 5.90. The van der Waals surface area contributed by atoms with Crippen LogP contribution in [0.2, 0.25) is 0 Å². The number of ether oxygens (including phenoxy) is 1. The Morgan fingerprint density at radius 3 is 2.56 bits per heavy atom. The molecule has 0 saturated carbocycles. The molecule has 1 saturated heterocycles. The Morgan fingerprint density at radius 1 is 1.44 bits per heavy atom. The van der Waals surface area contributed by atoms with Crippen LogP contribution in [-0.4, -0.2) is 67.8 Å². The van der Waals surface area contributed by atoms with E-state index in [1.807, 2.05) is 0 Å². The van der Waals surface area contributed by atoms with Crippen LogP contribution in [0.25, 0.3) is 0 Å². The second kappa shape index (κ2) is 5.96. The van der Waals surface area contributed by atoms with Crippen molar-refractivity contribution in [1.82, 2.24) is 9.80 Å². The van der Waals surface area contributed by atoms with Crippen molar-refractivity contribution in [3.05, 3.63) is 0 Å². The maximum Gasteiger partial charge on any atom is 0.0656 e. The molecule has 0 aromatic carbocycles. The van der Waals surface area contributed by atoms with Gasteiger partial charge >= 0.3 is 0 Å². The van der Waals surface area contributed by atoms with E-state index in [2.05, 4.69) is 30.6 Å². The number of nitrogens with two attached hydrogens (primary N) is 1. The average Bonchev–Trinajstić information content (AvgIpc) is 2.29. The highest BCUT2D eigenvalue weighted by Gasteiger charge is 2.35. The Morgan fingerprint density at radius 2 is 2.12 bits per heavy atom. The second-order valence-corrected chi connectivity index (χ2v) is 5.06. The molecule has 1 fully saturated rings. The number of rotatable bonds is 5. The van der Waals surface area contributed by atoms with Crippen molar-refractivity contribution in [3.8, 4) is 0 Å². The highest BCUT2D eigenvalue weighted by molar-refractivity contribution is 4.92. The molecular weight excluding hydrogens is 202 g/mol. The summed E-state index contributed by atoms with van der Waals surface area (Å²) in [5.74, 6) is 0. The van der Waals surface area contributed by atoms with E-state index in [9.17, 15) is 0 Å². The van der Waals surface area contributed by atoms with Crippen LogP contribution in [0.3, 0.4) is 0 Å². The van der Waals surface area contributed by atoms with E-state index in [0.29, 0.717) is 19.2 Å². The van der Waals surface area contributed by atoms with Crippen molar-refractivity contribution in [2.24, 2.45) is 5.73 Å². The largest absolute Gasteiger partial charge is 0.383 e. The number of piperazine rings is 1. The molecule has 4 nitrogen and oxygen atoms in total. The first-order valence-corrected chi connectivity index (χ1v) is 6.25. The molecule has 0 amide bonds. The highest BCUT2D eigenvalue weighted by atomic mass is 16.5. The first-order chi connectivity index (χ1) is 7.57. The van der Waals surface area contributed by atoms with Crippen molar-refractivity contribution >= 4 is 0 Å². The Bertz CT molecular complexity index is 212. The average molecular weight is 229 g/mol. The van der Waals surface area contributed by atoms with Crippen molar-refractivity contribution in [3.63, 3.8) is 0 Å². The van der Waals surface area contributed by atoms with Gasteiger partial charge in [-0.1, -0.05) is 6.92 Å². The summed E-state index contributed by atoms with van der Waals surface area (Å²) >= 11 is 0. The Balaban J connectivity index is 2.61. The standard InChI is InChI=1S/C12H27N3O/c1-5-14-6-7-15(8-11(14)2)12(3,9-13)10-16-4/h11H,5-10,13H2,1-4H3. The summed E-state index contributed by atoms with van der Waals surface area (Å²) in [6.45, 7) is 12.5. The fourth-order valence-corrected chi connectivity index (χ4v) is 2.55. The molecule has 1 aliphatic rings. The summed E-state index contributed by atoms with van der Waals surface area (Å²) in [6.07, 6.45) is 0. The molecule has 0 aromatic heterocycles. The van der Waals surface area contributed by atoms with E-state index in [4.69, 9.17) is 10.5 Å². The quantitative estimate of drug-likeness (QED) is 0.740. The van der Waals surface area contributed by atoms with Crippen LogP contribution < -0.4 is 5.73 Å². The van der Waals surface area contributed by atoms with Gasteiger partial charge in [0.2, 0.25) is 0 Å². The van der Waals surface area contributed by atoms with Crippen LogP contribution in [0.1, 0.15) is 20.8 Å². The Hall–Kier alpha value is -0.160. The highest BCUT2D eigenvalue weighted by Crippen LogP contribution is 2.19. The molecule has 16 heavy (non-hydrogen) atoms. The van der Waals surface area contributed by atoms with Gasteiger partial charge in [0.25, 0.3) is 0 Å². The van der Waals surface area contributed by atoms with Gasteiger partial charge in [-0.3, -0.25) is 9.80 Å². The van der Waals surface area contributed by atoms with Gasteiger partial charge in [-0.25, -0.2) is 0 Å². The zero-order chi connectivity index (χ0) is 12.2. The first-order valence-electron chi connectivity index (χ1n) is 6.25. The van der Waals surface area contributed by atoms with E-state index in [0.717, 1.165) is 26.2 Å². The van der Waals surface area contributed by atoms with Crippen molar-refractivity contribution in [1.29, 1.82) is 0 Å². The third-order valence-corrected chi connectivity index (χ3v) is 3.83. The van der Waals surface area contributed by atoms with Crippen molar-refractivity contribution in [2.45, 2.75) is 32.4 Å². The van der Waals surface area contributed by atoms with Gasteiger partial charge in [0.1, 0.15) is 0 Å². The van der Waals surface area contributed by atoms with E-state index < -0.39 is 0 Å². The predicted molar refractivity (Wildman–Crippen MR) is 67.6 cm³/mol. The van der Waals surface area contributed by atoms with Crippen LogP contribution in [0.4, 0.5) is 0 Å². The molecule has 4 heteroatoms. The molecule has 0 aliphatic carbocycles. The zero-order valence-electron chi connectivity index (χ0n) is 11.2. The predicted octanol–water partition coefficient (Wildman–Crippen LogP) is 0.376. The van der Waals surface area contributed by atoms with Gasteiger partial charge in [0, 0.05) is 39.3 Å². The lowest BCUT2D eigenvalue weighted by atomic mass is 9.98. The van der Waals surface area contributed by atoms with Gasteiger partial charge in [-0.15, -0.1) is 0 Å². The molecule has 0 spiro atoms. The molecular formula is C12H27N3O. The maximum atomic E-state index is 5.90. The van der Waals surface area contributed by atoms with Gasteiger partial charge in [-0.2, -0.15) is 0 Å². The second-order valence-electron chi connectivity index (χ2n) is 5.06. The number of likely N-dealkylation sites (N-methyl/N-ethyl adjacent to an activating group) is 1. The fraction of sp³-hybridized carbons (Fsp3) is 1.00. The van der Waals surface area contributed by atoms with E-state index in [-0.39, 0.29) is 5.54 Å². The summed E-state index contributed by atoms with van der Waals surface area (Å²) in [7, 11) is 1.75. The van der Waals surface area contributed by atoms with Crippen LogP contribution in [0.15, 0.2) is 0 Å². The molecule has 96 valence electrons. The minimum Gasteiger partial charge on any atom is -0.383 e. The Kier molecular flexibility index (Phi) is 5.18. The number of hydrogen-bond acceptors (Lipinski definition) is 4. The monoisotopic (exact) mass is 229 g/mol. The third kappa shape index (κ3) is 2.94. The van der Waals surface area contributed by atoms with E-state index >= 15 is 0 Å². The Labute approximate surface area is 99.7 Å². The van der Waals surface area contributed by atoms with Gasteiger partial charge in [0.15, 0.2) is 0 Å². The van der Waals surface area contributed by atoms with Gasteiger partial charge in [-0.05, 0) is 20.4 Å². The number of hydrogen-bond donors (Lipinski definition) is 1. The van der Waals surface area contributed by atoms with Crippen LogP contribution >= 0.6 is 0 Å². The van der Waals surface area contributed by atoms with Crippen molar-refractivity contribution in [2.75, 3.05) is 46.4 Å². The summed E-state index contributed by atoms with van der Waals surface area (Å²) in [5.41, 5.74) is 5.89. The first kappa shape index (κ1) is 13.9. The number of methoxy groups -OCH3 is 1. The number of nitrogens with zero attached hydrogens (tertiary/aromatic N) is 2. The fourth-order valence-electron chi connectivity index (χ4n) is 2.55. The van der Waals surface area contributed by atoms with Crippen LogP contribution in [-0.2, 0) is 4.74 Å². The normalized spacial score (nSPS) is 27.9. The lowest BCUT2D eigenvalue weighted by molar-refractivity contribution is -0.0200. The molecule has 1 rings (SSSR count). The molecule has 2 N–H and O–H groups in total. The zero-order valence-corrected chi connectivity index (χ0v) is 11.2. The summed E-state index contributed by atoms with van der Waals surface area (Å²) < 4.78 is 5.30. The molecule has 1 aliphatic heterocycles. The molecule has 0 aromatic rings. The molecule has 0 radical (unpaired) electrons. The smallest absolute Gasteiger partial charge is 0.0656 e. The molecule has 1 heterocycles. The van der Waals surface area contributed by atoms with E-state index in [1.54, 1.807) is 7.11 Å².